The molecule has 2 rings (SSSR count). The van der Waals surface area contributed by atoms with E-state index in [1.54, 1.807) is 47.4 Å². The highest BCUT2D eigenvalue weighted by molar-refractivity contribution is 5.99. The van der Waals surface area contributed by atoms with E-state index in [-0.39, 0.29) is 24.8 Å². The number of aliphatic hydroxyl groups excluding tert-OH is 1. The fraction of sp³-hybridized carbons (Fsp3) is 0.235. The van der Waals surface area contributed by atoms with Crippen molar-refractivity contribution in [3.63, 3.8) is 0 Å². The number of hydrogen-bond acceptors (Lipinski definition) is 4. The smallest absolute Gasteiger partial charge is 0.247 e. The predicted molar refractivity (Wildman–Crippen MR) is 90.2 cm³/mol. The number of aromatic nitrogens is 2. The number of anilines is 1. The quantitative estimate of drug-likeness (QED) is 0.622. The molecule has 0 spiro atoms. The van der Waals surface area contributed by atoms with Crippen molar-refractivity contribution in [1.82, 2.24) is 15.1 Å². The zero-order valence-electron chi connectivity index (χ0n) is 13.2. The van der Waals surface area contributed by atoms with Gasteiger partial charge in [0.05, 0.1) is 19.1 Å². The van der Waals surface area contributed by atoms with Crippen molar-refractivity contribution in [2.24, 2.45) is 0 Å². The van der Waals surface area contributed by atoms with Crippen molar-refractivity contribution in [2.75, 3.05) is 11.9 Å². The molecule has 7 heteroatoms. The average Bonchev–Trinajstić information content (AvgIpc) is 3.07. The maximum absolute atomic E-state index is 12.0. The van der Waals surface area contributed by atoms with Crippen LogP contribution in [0.5, 0.6) is 0 Å². The second-order valence-corrected chi connectivity index (χ2v) is 5.21. The van der Waals surface area contributed by atoms with Crippen LogP contribution in [0.2, 0.25) is 0 Å². The summed E-state index contributed by atoms with van der Waals surface area (Å²) in [6.07, 6.45) is 3.90. The first kappa shape index (κ1) is 17.4. The molecular formula is C17H20N4O3. The molecule has 2 aromatic rings. The molecule has 1 heterocycles. The summed E-state index contributed by atoms with van der Waals surface area (Å²) in [7, 11) is 0. The number of nitrogens with one attached hydrogen (secondary N) is 2. The highest BCUT2D eigenvalue weighted by Crippen LogP contribution is 2.15. The maximum atomic E-state index is 12.0. The highest BCUT2D eigenvalue weighted by Gasteiger charge is 2.11. The van der Waals surface area contributed by atoms with Gasteiger partial charge in [-0.2, -0.15) is 5.10 Å². The Hall–Kier alpha value is -2.93. The van der Waals surface area contributed by atoms with Crippen LogP contribution >= 0.6 is 0 Å². The van der Waals surface area contributed by atoms with Crippen LogP contribution in [-0.2, 0) is 22.6 Å². The van der Waals surface area contributed by atoms with E-state index in [1.165, 1.54) is 6.08 Å². The number of amides is 2. The topological polar surface area (TPSA) is 96.3 Å². The first-order chi connectivity index (χ1) is 11.6. The zero-order chi connectivity index (χ0) is 17.4. The summed E-state index contributed by atoms with van der Waals surface area (Å²) in [5.74, 6) is -0.577. The molecule has 0 aliphatic heterocycles. The van der Waals surface area contributed by atoms with Crippen molar-refractivity contribution >= 4 is 17.5 Å². The molecular weight excluding hydrogens is 308 g/mol. The molecule has 24 heavy (non-hydrogen) atoms. The van der Waals surface area contributed by atoms with E-state index in [0.29, 0.717) is 17.8 Å². The summed E-state index contributed by atoms with van der Waals surface area (Å²) in [5.41, 5.74) is 1.25. The highest BCUT2D eigenvalue weighted by atomic mass is 16.3. The molecule has 3 N–H and O–H groups in total. The Labute approximate surface area is 140 Å². The molecule has 0 aliphatic carbocycles. The standard InChI is InChI=1S/C17H20N4O3/c1-2-16(23)20-15-7-4-3-6-13(15)10-17(24)18-11-14(22)12-21-9-5-8-19-21/h2-9,14,22H,1,10-12H2,(H,18,24)(H,20,23). The van der Waals surface area contributed by atoms with Crippen LogP contribution in [0.1, 0.15) is 5.56 Å². The Kier molecular flexibility index (Phi) is 6.27. The van der Waals surface area contributed by atoms with E-state index in [1.807, 2.05) is 0 Å². The van der Waals surface area contributed by atoms with Gasteiger partial charge in [0.15, 0.2) is 0 Å². The normalized spacial score (nSPS) is 11.5. The van der Waals surface area contributed by atoms with Crippen LogP contribution in [0.15, 0.2) is 55.4 Å². The number of carbonyl (C=O) groups excluding carboxylic acids is 2. The van der Waals surface area contributed by atoms with Gasteiger partial charge in [-0.05, 0) is 23.8 Å². The third-order valence-electron chi connectivity index (χ3n) is 3.30. The van der Waals surface area contributed by atoms with E-state index >= 15 is 0 Å². The van der Waals surface area contributed by atoms with E-state index < -0.39 is 6.10 Å². The summed E-state index contributed by atoms with van der Waals surface area (Å²) in [6.45, 7) is 3.83. The van der Waals surface area contributed by atoms with Crippen LogP contribution in [0.4, 0.5) is 5.69 Å². The molecule has 7 nitrogen and oxygen atoms in total. The average molecular weight is 328 g/mol. The minimum atomic E-state index is -0.732. The number of hydrogen-bond donors (Lipinski definition) is 3. The largest absolute Gasteiger partial charge is 0.389 e. The summed E-state index contributed by atoms with van der Waals surface area (Å²) in [4.78, 5) is 23.5. The molecule has 1 atom stereocenters. The van der Waals surface area contributed by atoms with Gasteiger partial charge in [0, 0.05) is 24.6 Å². The number of para-hydroxylation sites is 1. The molecule has 2 amide bonds. The van der Waals surface area contributed by atoms with Crippen LogP contribution in [0.25, 0.3) is 0 Å². The summed E-state index contributed by atoms with van der Waals surface area (Å²) >= 11 is 0. The Morgan fingerprint density at radius 2 is 2.12 bits per heavy atom. The van der Waals surface area contributed by atoms with E-state index in [0.717, 1.165) is 0 Å². The molecule has 0 saturated heterocycles. The zero-order valence-corrected chi connectivity index (χ0v) is 13.2. The third-order valence-corrected chi connectivity index (χ3v) is 3.30. The van der Waals surface area contributed by atoms with Gasteiger partial charge < -0.3 is 15.7 Å². The molecule has 0 fully saturated rings. The Morgan fingerprint density at radius 1 is 1.33 bits per heavy atom. The molecule has 0 aliphatic rings. The summed E-state index contributed by atoms with van der Waals surface area (Å²) in [5, 5.41) is 19.2. The molecule has 1 aromatic carbocycles. The first-order valence-electron chi connectivity index (χ1n) is 7.52. The first-order valence-corrected chi connectivity index (χ1v) is 7.52. The lowest BCUT2D eigenvalue weighted by Crippen LogP contribution is -2.35. The summed E-state index contributed by atoms with van der Waals surface area (Å²) in [6, 6.07) is 8.81. The van der Waals surface area contributed by atoms with E-state index in [9.17, 15) is 14.7 Å². The molecule has 0 bridgehead atoms. The fourth-order valence-corrected chi connectivity index (χ4v) is 2.14. The lowest BCUT2D eigenvalue weighted by atomic mass is 10.1. The second kappa shape index (κ2) is 8.64. The molecule has 126 valence electrons. The number of aliphatic hydroxyl groups is 1. The van der Waals surface area contributed by atoms with Crippen molar-refractivity contribution < 1.29 is 14.7 Å². The predicted octanol–water partition coefficient (Wildman–Crippen LogP) is 0.727. The second-order valence-electron chi connectivity index (χ2n) is 5.21. The van der Waals surface area contributed by atoms with Gasteiger partial charge in [-0.15, -0.1) is 0 Å². The Bertz CT molecular complexity index is 698. The Morgan fingerprint density at radius 3 is 2.83 bits per heavy atom. The lowest BCUT2D eigenvalue weighted by molar-refractivity contribution is -0.121. The van der Waals surface area contributed by atoms with E-state index in [4.69, 9.17) is 0 Å². The molecule has 0 saturated carbocycles. The lowest BCUT2D eigenvalue weighted by Gasteiger charge is -2.13. The molecule has 1 unspecified atom stereocenters. The maximum Gasteiger partial charge on any atom is 0.247 e. The fourth-order valence-electron chi connectivity index (χ4n) is 2.14. The Balaban J connectivity index is 1.85. The van der Waals surface area contributed by atoms with Crippen LogP contribution < -0.4 is 10.6 Å². The van der Waals surface area contributed by atoms with Crippen LogP contribution in [0, 0.1) is 0 Å². The van der Waals surface area contributed by atoms with Gasteiger partial charge >= 0.3 is 0 Å². The van der Waals surface area contributed by atoms with Gasteiger partial charge in [0.2, 0.25) is 11.8 Å². The third kappa shape index (κ3) is 5.36. The molecule has 0 radical (unpaired) electrons. The number of carbonyl (C=O) groups is 2. The number of nitrogens with zero attached hydrogens (tertiary/aromatic N) is 2. The summed E-state index contributed by atoms with van der Waals surface area (Å²) < 4.78 is 1.59. The SMILES string of the molecule is C=CC(=O)Nc1ccccc1CC(=O)NCC(O)Cn1cccn1. The van der Waals surface area contributed by atoms with E-state index in [2.05, 4.69) is 22.3 Å². The van der Waals surface area contributed by atoms with Gasteiger partial charge in [-0.25, -0.2) is 0 Å². The minimum Gasteiger partial charge on any atom is -0.389 e. The van der Waals surface area contributed by atoms with Crippen molar-refractivity contribution in [1.29, 1.82) is 0 Å². The van der Waals surface area contributed by atoms with Gasteiger partial charge in [0.25, 0.3) is 0 Å². The van der Waals surface area contributed by atoms with Gasteiger partial charge in [-0.1, -0.05) is 24.8 Å². The molecule has 1 aromatic heterocycles. The van der Waals surface area contributed by atoms with Crippen molar-refractivity contribution in [3.8, 4) is 0 Å². The minimum absolute atomic E-state index is 0.0993. The van der Waals surface area contributed by atoms with Crippen LogP contribution in [0.3, 0.4) is 0 Å². The number of benzene rings is 1. The number of rotatable bonds is 8. The monoisotopic (exact) mass is 328 g/mol. The van der Waals surface area contributed by atoms with Crippen molar-refractivity contribution in [2.45, 2.75) is 19.1 Å². The van der Waals surface area contributed by atoms with Crippen molar-refractivity contribution in [3.05, 3.63) is 60.9 Å². The van der Waals surface area contributed by atoms with Gasteiger partial charge in [-0.3, -0.25) is 14.3 Å². The van der Waals surface area contributed by atoms with Crippen LogP contribution in [-0.4, -0.2) is 39.4 Å². The van der Waals surface area contributed by atoms with Gasteiger partial charge in [0.1, 0.15) is 0 Å².